The van der Waals surface area contributed by atoms with E-state index in [1.165, 1.54) is 103 Å². The van der Waals surface area contributed by atoms with E-state index < -0.39 is 0 Å². The zero-order valence-electron chi connectivity index (χ0n) is 18.0. The van der Waals surface area contributed by atoms with Crippen molar-refractivity contribution >= 4 is 84.3 Å². The van der Waals surface area contributed by atoms with Gasteiger partial charge in [0.1, 0.15) is 0 Å². The minimum Gasteiger partial charge on any atom is -0.129 e. The van der Waals surface area contributed by atoms with E-state index in [2.05, 4.69) is 38.1 Å². The second-order valence-corrected chi connectivity index (χ2v) is 13.4. The summed E-state index contributed by atoms with van der Waals surface area (Å²) < 4.78 is 5.98. The minimum atomic E-state index is 1.26. The summed E-state index contributed by atoms with van der Waals surface area (Å²) in [6, 6.07) is 9.94. The van der Waals surface area contributed by atoms with Crippen LogP contribution in [-0.2, 0) is 12.8 Å². The summed E-state index contributed by atoms with van der Waals surface area (Å²) in [5.41, 5.74) is 0. The molecular weight excluding hydrogens is 441 g/mol. The predicted molar refractivity (Wildman–Crippen MR) is 144 cm³/mol. The molecule has 0 fully saturated rings. The number of fused-ring (bicyclic) bond motifs is 6. The molecule has 0 N–H and O–H groups in total. The average molecular weight is 471 g/mol. The summed E-state index contributed by atoms with van der Waals surface area (Å²) in [7, 11) is 0. The van der Waals surface area contributed by atoms with Crippen molar-refractivity contribution in [3.8, 4) is 0 Å². The van der Waals surface area contributed by atoms with Gasteiger partial charge in [-0.25, -0.2) is 0 Å². The quantitative estimate of drug-likeness (QED) is 0.178. The van der Waals surface area contributed by atoms with Gasteiger partial charge >= 0.3 is 0 Å². The van der Waals surface area contributed by atoms with E-state index in [0.717, 1.165) is 0 Å². The third kappa shape index (κ3) is 4.09. The lowest BCUT2D eigenvalue weighted by Crippen LogP contribution is -1.80. The van der Waals surface area contributed by atoms with E-state index in [0.29, 0.717) is 0 Å². The van der Waals surface area contributed by atoms with Gasteiger partial charge in [0.05, 0.1) is 8.03 Å². The van der Waals surface area contributed by atoms with Crippen molar-refractivity contribution in [1.82, 2.24) is 0 Å². The van der Waals surface area contributed by atoms with Gasteiger partial charge < -0.3 is 0 Å². The lowest BCUT2D eigenvalue weighted by atomic mass is 10.1. The first kappa shape index (κ1) is 20.9. The highest BCUT2D eigenvalue weighted by Crippen LogP contribution is 2.46. The van der Waals surface area contributed by atoms with Gasteiger partial charge in [-0.1, -0.05) is 52.4 Å². The summed E-state index contributed by atoms with van der Waals surface area (Å²) in [6.07, 6.45) is 13.3. The largest absolute Gasteiger partial charge is 0.129 e. The van der Waals surface area contributed by atoms with E-state index in [-0.39, 0.29) is 0 Å². The minimum absolute atomic E-state index is 1.26. The molecule has 0 atom stereocenters. The van der Waals surface area contributed by atoms with Crippen LogP contribution in [-0.4, -0.2) is 0 Å². The maximum atomic E-state index is 2.49. The van der Waals surface area contributed by atoms with Crippen LogP contribution in [0.25, 0.3) is 39.0 Å². The molecule has 158 valence electrons. The zero-order chi connectivity index (χ0) is 20.5. The first-order chi connectivity index (χ1) is 14.8. The molecule has 0 bridgehead atoms. The Morgan fingerprint density at radius 1 is 0.500 bits per heavy atom. The van der Waals surface area contributed by atoms with Crippen LogP contribution < -0.4 is 0 Å². The van der Waals surface area contributed by atoms with Gasteiger partial charge in [-0.05, 0) is 49.9 Å². The highest BCUT2D eigenvalue weighted by atomic mass is 32.2. The number of rotatable bonds is 10. The molecule has 0 saturated heterocycles. The van der Waals surface area contributed by atoms with Crippen molar-refractivity contribution in [2.45, 2.75) is 78.1 Å². The smallest absolute Gasteiger partial charge is 0.0880 e. The molecule has 0 amide bonds. The van der Waals surface area contributed by atoms with E-state index in [1.54, 1.807) is 9.75 Å². The van der Waals surface area contributed by atoms with Gasteiger partial charge in [-0.3, -0.25) is 0 Å². The summed E-state index contributed by atoms with van der Waals surface area (Å²) in [5, 5.41) is 5.96. The molecule has 4 heterocycles. The van der Waals surface area contributed by atoms with Crippen LogP contribution in [0.4, 0.5) is 0 Å². The molecule has 5 aromatic rings. The summed E-state index contributed by atoms with van der Waals surface area (Å²) in [5.74, 6) is 0. The molecule has 5 rings (SSSR count). The second-order valence-electron chi connectivity index (χ2n) is 8.50. The molecule has 4 aromatic heterocycles. The van der Waals surface area contributed by atoms with Crippen LogP contribution in [0.2, 0.25) is 0 Å². The molecule has 0 nitrogen and oxygen atoms in total. The van der Waals surface area contributed by atoms with Crippen LogP contribution >= 0.6 is 45.3 Å². The van der Waals surface area contributed by atoms with Gasteiger partial charge in [0, 0.05) is 40.7 Å². The van der Waals surface area contributed by atoms with Crippen LogP contribution in [0.1, 0.15) is 75.0 Å². The molecule has 0 radical (unpaired) electrons. The van der Waals surface area contributed by atoms with Gasteiger partial charge in [-0.2, -0.15) is 0 Å². The van der Waals surface area contributed by atoms with Gasteiger partial charge in [-0.15, -0.1) is 45.3 Å². The van der Waals surface area contributed by atoms with Crippen molar-refractivity contribution in [3.63, 3.8) is 0 Å². The molecule has 4 heteroatoms. The molecule has 0 aliphatic heterocycles. The van der Waals surface area contributed by atoms with Crippen LogP contribution in [0, 0.1) is 0 Å². The molecular formula is C26H30S4. The van der Waals surface area contributed by atoms with Gasteiger partial charge in [0.15, 0.2) is 0 Å². The Morgan fingerprint density at radius 2 is 0.967 bits per heavy atom. The Kier molecular flexibility index (Phi) is 6.47. The molecule has 0 spiro atoms. The third-order valence-electron chi connectivity index (χ3n) is 6.12. The molecule has 1 aromatic carbocycles. The Bertz CT molecular complexity index is 1180. The van der Waals surface area contributed by atoms with Crippen molar-refractivity contribution < 1.29 is 0 Å². The second kappa shape index (κ2) is 9.28. The van der Waals surface area contributed by atoms with Gasteiger partial charge in [0.2, 0.25) is 0 Å². The normalized spacial score (nSPS) is 12.3. The predicted octanol–water partition coefficient (Wildman–Crippen LogP) is 10.8. The van der Waals surface area contributed by atoms with Crippen molar-refractivity contribution in [3.05, 3.63) is 34.0 Å². The fourth-order valence-electron chi connectivity index (χ4n) is 4.42. The van der Waals surface area contributed by atoms with E-state index in [4.69, 9.17) is 0 Å². The Hall–Kier alpha value is -0.940. The number of aryl methyl sites for hydroxylation is 2. The number of unbranched alkanes of at least 4 members (excludes halogenated alkanes) is 6. The summed E-state index contributed by atoms with van der Waals surface area (Å²) in [4.78, 5) is 3.16. The van der Waals surface area contributed by atoms with E-state index in [1.807, 2.05) is 45.3 Å². The number of thiophene rings is 4. The van der Waals surface area contributed by atoms with Crippen molar-refractivity contribution in [2.75, 3.05) is 0 Å². The monoisotopic (exact) mass is 470 g/mol. The Morgan fingerprint density at radius 3 is 1.40 bits per heavy atom. The maximum absolute atomic E-state index is 2.49. The van der Waals surface area contributed by atoms with Crippen LogP contribution in [0.3, 0.4) is 0 Å². The molecule has 0 unspecified atom stereocenters. The fourth-order valence-corrected chi connectivity index (χ4v) is 9.68. The average Bonchev–Trinajstić information content (AvgIpc) is 3.46. The maximum Gasteiger partial charge on any atom is 0.0880 e. The Labute approximate surface area is 195 Å². The molecule has 0 saturated carbocycles. The molecule has 0 aliphatic rings. The SMILES string of the molecule is CCCCCCc1cc2c(s1)sc1cc3c(cc12)sc1sc(CCCCCC)cc13. The lowest BCUT2D eigenvalue weighted by molar-refractivity contribution is 0.670. The van der Waals surface area contributed by atoms with Crippen molar-refractivity contribution in [1.29, 1.82) is 0 Å². The van der Waals surface area contributed by atoms with Crippen molar-refractivity contribution in [2.24, 2.45) is 0 Å². The number of hydrogen-bond donors (Lipinski definition) is 0. The number of benzene rings is 1. The number of hydrogen-bond acceptors (Lipinski definition) is 4. The van der Waals surface area contributed by atoms with E-state index >= 15 is 0 Å². The van der Waals surface area contributed by atoms with Crippen LogP contribution in [0.15, 0.2) is 24.3 Å². The summed E-state index contributed by atoms with van der Waals surface area (Å²) in [6.45, 7) is 4.58. The summed E-state index contributed by atoms with van der Waals surface area (Å²) >= 11 is 8.08. The standard InChI is InChI=1S/C26H30S4/c1-3-5-7-9-11-17-13-21-19-15-24-20(16-23(19)29-25(21)27-17)22-14-18(28-26(22)30-24)12-10-8-6-4-2/h13-16H,3-12H2,1-2H3. The Balaban J connectivity index is 1.43. The first-order valence-corrected chi connectivity index (χ1v) is 14.8. The topological polar surface area (TPSA) is 0 Å². The zero-order valence-corrected chi connectivity index (χ0v) is 21.3. The highest BCUT2D eigenvalue weighted by Gasteiger charge is 2.15. The fraction of sp³-hybridized carbons (Fsp3) is 0.462. The van der Waals surface area contributed by atoms with E-state index in [9.17, 15) is 0 Å². The highest BCUT2D eigenvalue weighted by molar-refractivity contribution is 7.43. The third-order valence-corrected chi connectivity index (χ3v) is 11.0. The lowest BCUT2D eigenvalue weighted by Gasteiger charge is -1.97. The first-order valence-electron chi connectivity index (χ1n) is 11.6. The van der Waals surface area contributed by atoms with Crippen LogP contribution in [0.5, 0.6) is 0 Å². The molecule has 0 aliphatic carbocycles. The molecule has 30 heavy (non-hydrogen) atoms. The van der Waals surface area contributed by atoms with Gasteiger partial charge in [0.25, 0.3) is 0 Å².